The van der Waals surface area contributed by atoms with Crippen molar-refractivity contribution in [1.29, 1.82) is 5.26 Å². The molecule has 8 nitrogen and oxygen atoms in total. The molecule has 0 heterocycles. The van der Waals surface area contributed by atoms with Crippen LogP contribution in [-0.2, 0) is 11.4 Å². The molecule has 1 N–H and O–H groups in total. The van der Waals surface area contributed by atoms with Crippen LogP contribution in [0.1, 0.15) is 16.7 Å². The summed E-state index contributed by atoms with van der Waals surface area (Å²) in [5.41, 5.74) is 1.52. The van der Waals surface area contributed by atoms with Crippen molar-refractivity contribution in [2.45, 2.75) is 13.5 Å². The number of aryl methyl sites for hydroxylation is 1. The van der Waals surface area contributed by atoms with Crippen LogP contribution >= 0.6 is 15.9 Å². The normalized spacial score (nSPS) is 10.8. The van der Waals surface area contributed by atoms with E-state index < -0.39 is 10.8 Å². The molecule has 34 heavy (non-hydrogen) atoms. The van der Waals surface area contributed by atoms with Gasteiger partial charge in [-0.05, 0) is 48.4 Å². The fourth-order valence-electron chi connectivity index (χ4n) is 3.09. The summed E-state index contributed by atoms with van der Waals surface area (Å²) in [7, 11) is 1.49. The number of nitrogens with one attached hydrogen (secondary N) is 1. The van der Waals surface area contributed by atoms with Gasteiger partial charge in [0.1, 0.15) is 23.9 Å². The first-order valence-corrected chi connectivity index (χ1v) is 10.8. The van der Waals surface area contributed by atoms with Gasteiger partial charge in [-0.1, -0.05) is 46.3 Å². The van der Waals surface area contributed by atoms with E-state index in [1.807, 2.05) is 30.3 Å². The largest absolute Gasteiger partial charge is 0.493 e. The third-order valence-electron chi connectivity index (χ3n) is 4.79. The third kappa shape index (κ3) is 5.99. The summed E-state index contributed by atoms with van der Waals surface area (Å²) in [4.78, 5) is 23.5. The Balaban J connectivity index is 1.91. The number of para-hydroxylation sites is 1. The second kappa shape index (κ2) is 11.1. The number of hydrogen-bond acceptors (Lipinski definition) is 6. The Kier molecular flexibility index (Phi) is 8.01. The van der Waals surface area contributed by atoms with E-state index in [0.717, 1.165) is 10.0 Å². The number of benzene rings is 3. The van der Waals surface area contributed by atoms with Gasteiger partial charge in [0.05, 0.1) is 12.0 Å². The fourth-order valence-corrected chi connectivity index (χ4v) is 3.35. The molecule has 0 saturated heterocycles. The maximum atomic E-state index is 12.8. The maximum absolute atomic E-state index is 12.8. The number of halogens is 1. The Morgan fingerprint density at radius 3 is 2.59 bits per heavy atom. The highest BCUT2D eigenvalue weighted by Crippen LogP contribution is 2.34. The molecule has 0 fully saturated rings. The minimum Gasteiger partial charge on any atom is -0.493 e. The molecule has 172 valence electrons. The van der Waals surface area contributed by atoms with Crippen molar-refractivity contribution < 1.29 is 19.2 Å². The number of nitro groups is 1. The molecule has 0 aliphatic rings. The molecular weight excluding hydrogens is 502 g/mol. The minimum absolute atomic E-state index is 0.000830. The lowest BCUT2D eigenvalue weighted by atomic mass is 10.1. The molecule has 0 radical (unpaired) electrons. The van der Waals surface area contributed by atoms with Crippen molar-refractivity contribution in [2.24, 2.45) is 0 Å². The van der Waals surface area contributed by atoms with Gasteiger partial charge in [-0.25, -0.2) is 0 Å². The lowest BCUT2D eigenvalue weighted by Gasteiger charge is -2.14. The smallest absolute Gasteiger partial charge is 0.293 e. The van der Waals surface area contributed by atoms with Crippen LogP contribution in [0.5, 0.6) is 11.5 Å². The van der Waals surface area contributed by atoms with E-state index in [4.69, 9.17) is 9.47 Å². The molecule has 0 atom stereocenters. The summed E-state index contributed by atoms with van der Waals surface area (Å²) in [6.45, 7) is 1.94. The van der Waals surface area contributed by atoms with Gasteiger partial charge in [0.25, 0.3) is 11.6 Å². The van der Waals surface area contributed by atoms with Gasteiger partial charge >= 0.3 is 0 Å². The van der Waals surface area contributed by atoms with Crippen LogP contribution in [0.2, 0.25) is 0 Å². The number of methoxy groups -OCH3 is 1. The van der Waals surface area contributed by atoms with E-state index in [1.54, 1.807) is 31.2 Å². The lowest BCUT2D eigenvalue weighted by molar-refractivity contribution is -0.384. The number of nitrogens with zero attached hydrogens (tertiary/aromatic N) is 2. The summed E-state index contributed by atoms with van der Waals surface area (Å²) >= 11 is 3.39. The average molecular weight is 522 g/mol. The highest BCUT2D eigenvalue weighted by Gasteiger charge is 2.19. The van der Waals surface area contributed by atoms with Gasteiger partial charge in [0.15, 0.2) is 11.5 Å². The predicted octanol–water partition coefficient (Wildman–Crippen LogP) is 5.80. The average Bonchev–Trinajstić information content (AvgIpc) is 2.83. The molecule has 0 bridgehead atoms. The Morgan fingerprint density at radius 2 is 1.94 bits per heavy atom. The van der Waals surface area contributed by atoms with Crippen LogP contribution in [0.15, 0.2) is 70.7 Å². The number of carbonyl (C=O) groups is 1. The summed E-state index contributed by atoms with van der Waals surface area (Å²) in [5.74, 6) is 0.00338. The predicted molar refractivity (Wildman–Crippen MR) is 132 cm³/mol. The zero-order valence-electron chi connectivity index (χ0n) is 18.4. The molecule has 0 aliphatic heterocycles. The molecule has 3 aromatic carbocycles. The Hall–Kier alpha value is -4.16. The van der Waals surface area contributed by atoms with E-state index >= 15 is 0 Å². The quantitative estimate of drug-likeness (QED) is 0.173. The molecule has 3 rings (SSSR count). The highest BCUT2D eigenvalue weighted by atomic mass is 79.9. The van der Waals surface area contributed by atoms with Gasteiger partial charge in [-0.15, -0.1) is 0 Å². The second-order valence-electron chi connectivity index (χ2n) is 7.20. The van der Waals surface area contributed by atoms with E-state index in [-0.39, 0.29) is 23.6 Å². The van der Waals surface area contributed by atoms with E-state index in [1.165, 1.54) is 25.3 Å². The van der Waals surface area contributed by atoms with Gasteiger partial charge in [-0.3, -0.25) is 14.9 Å². The number of nitro benzene ring substituents is 1. The first-order valence-electron chi connectivity index (χ1n) is 10.0. The van der Waals surface area contributed by atoms with Crippen LogP contribution in [-0.4, -0.2) is 17.9 Å². The molecule has 9 heteroatoms. The van der Waals surface area contributed by atoms with E-state index in [0.29, 0.717) is 22.6 Å². The summed E-state index contributed by atoms with van der Waals surface area (Å²) in [6.07, 6.45) is 1.36. The van der Waals surface area contributed by atoms with Crippen molar-refractivity contribution >= 4 is 39.3 Å². The topological polar surface area (TPSA) is 114 Å². The van der Waals surface area contributed by atoms with Gasteiger partial charge in [0, 0.05) is 16.1 Å². The number of rotatable bonds is 8. The summed E-state index contributed by atoms with van der Waals surface area (Å²) < 4.78 is 12.3. The summed E-state index contributed by atoms with van der Waals surface area (Å²) in [5, 5.41) is 23.4. The van der Waals surface area contributed by atoms with Gasteiger partial charge in [-0.2, -0.15) is 5.26 Å². The molecule has 3 aromatic rings. The van der Waals surface area contributed by atoms with Crippen LogP contribution in [0.25, 0.3) is 6.08 Å². The van der Waals surface area contributed by atoms with Gasteiger partial charge in [0.2, 0.25) is 0 Å². The first-order chi connectivity index (χ1) is 16.3. The summed E-state index contributed by atoms with van der Waals surface area (Å²) in [6, 6.07) is 18.9. The molecule has 1 amide bonds. The molecule has 0 unspecified atom stereocenters. The fraction of sp³-hybridized carbons (Fsp3) is 0.120. The molecule has 0 aromatic heterocycles. The first kappa shape index (κ1) is 24.5. The SMILES string of the molecule is COc1cccc(/C=C(\C#N)C(=O)Nc2ccc(C)cc2[N+](=O)[O-])c1OCc1ccc(Br)cc1. The van der Waals surface area contributed by atoms with E-state index in [2.05, 4.69) is 21.2 Å². The molecule has 0 aliphatic carbocycles. The lowest BCUT2D eigenvalue weighted by Crippen LogP contribution is -2.14. The molecule has 0 saturated carbocycles. The zero-order valence-corrected chi connectivity index (χ0v) is 20.0. The van der Waals surface area contributed by atoms with Crippen molar-refractivity contribution in [2.75, 3.05) is 12.4 Å². The monoisotopic (exact) mass is 521 g/mol. The number of carbonyl (C=O) groups excluding carboxylic acids is 1. The number of hydrogen-bond donors (Lipinski definition) is 1. The Bertz CT molecular complexity index is 1300. The number of anilines is 1. The maximum Gasteiger partial charge on any atom is 0.293 e. The zero-order chi connectivity index (χ0) is 24.7. The van der Waals surface area contributed by atoms with Crippen molar-refractivity contribution in [3.8, 4) is 17.6 Å². The Labute approximate surface area is 204 Å². The molecule has 0 spiro atoms. The number of ether oxygens (including phenoxy) is 2. The third-order valence-corrected chi connectivity index (χ3v) is 5.32. The van der Waals surface area contributed by atoms with Gasteiger partial charge < -0.3 is 14.8 Å². The van der Waals surface area contributed by atoms with Crippen LogP contribution in [0.3, 0.4) is 0 Å². The molecular formula is C25H20BrN3O5. The van der Waals surface area contributed by atoms with Crippen LogP contribution in [0, 0.1) is 28.4 Å². The highest BCUT2D eigenvalue weighted by molar-refractivity contribution is 9.10. The van der Waals surface area contributed by atoms with Crippen molar-refractivity contribution in [1.82, 2.24) is 0 Å². The van der Waals surface area contributed by atoms with Crippen molar-refractivity contribution in [3.63, 3.8) is 0 Å². The minimum atomic E-state index is -0.781. The number of nitriles is 1. The van der Waals surface area contributed by atoms with Crippen LogP contribution < -0.4 is 14.8 Å². The number of amides is 1. The standard InChI is InChI=1S/C25H20BrN3O5/c1-16-6-11-21(22(12-16)29(31)32)28-25(30)19(14-27)13-18-4-3-5-23(33-2)24(18)34-15-17-7-9-20(26)10-8-17/h3-13H,15H2,1-2H3,(H,28,30)/b19-13+. The van der Waals surface area contributed by atoms with E-state index in [9.17, 15) is 20.2 Å². The van der Waals surface area contributed by atoms with Crippen LogP contribution in [0.4, 0.5) is 11.4 Å². The second-order valence-corrected chi connectivity index (χ2v) is 8.11. The van der Waals surface area contributed by atoms with Crippen molar-refractivity contribution in [3.05, 3.63) is 97.5 Å². The Morgan fingerprint density at radius 1 is 1.21 bits per heavy atom.